The molecule has 0 fully saturated rings. The monoisotopic (exact) mass is 546 g/mol. The summed E-state index contributed by atoms with van der Waals surface area (Å²) in [4.78, 5) is 17.0. The number of nitrogens with zero attached hydrogens (tertiary/aromatic N) is 3. The molecule has 1 N–H and O–H groups in total. The van der Waals surface area contributed by atoms with Crippen LogP contribution in [0.15, 0.2) is 85.1 Å². The first-order valence-corrected chi connectivity index (χ1v) is 13.2. The molecule has 0 saturated carbocycles. The zero-order valence-electron chi connectivity index (χ0n) is 21.1. The minimum absolute atomic E-state index is 0.310. The van der Waals surface area contributed by atoms with Gasteiger partial charge in [0.15, 0.2) is 0 Å². The Hall–Kier alpha value is -4.01. The lowest BCUT2D eigenvalue weighted by molar-refractivity contribution is 0.0944. The van der Waals surface area contributed by atoms with E-state index in [1.807, 2.05) is 48.6 Å². The van der Waals surface area contributed by atoms with Gasteiger partial charge < -0.3 is 19.7 Å². The third kappa shape index (κ3) is 5.77. The Balaban J connectivity index is 1.45. The van der Waals surface area contributed by atoms with Crippen molar-refractivity contribution in [3.05, 3.63) is 111 Å². The van der Waals surface area contributed by atoms with Gasteiger partial charge in [0.1, 0.15) is 17.3 Å². The molecule has 0 bridgehead atoms. The van der Waals surface area contributed by atoms with Crippen LogP contribution >= 0.6 is 22.9 Å². The van der Waals surface area contributed by atoms with Gasteiger partial charge in [-0.3, -0.25) is 4.79 Å². The van der Waals surface area contributed by atoms with Crippen LogP contribution in [0.5, 0.6) is 11.5 Å². The molecule has 0 saturated heterocycles. The van der Waals surface area contributed by atoms with Crippen molar-refractivity contribution in [2.45, 2.75) is 13.1 Å². The van der Waals surface area contributed by atoms with E-state index in [0.29, 0.717) is 40.3 Å². The Bertz CT molecular complexity index is 1490. The molecule has 0 unspecified atom stereocenters. The molecule has 2 aromatic carbocycles. The highest BCUT2D eigenvalue weighted by atomic mass is 35.5. The maximum absolute atomic E-state index is 13.7. The zero-order chi connectivity index (χ0) is 26.5. The van der Waals surface area contributed by atoms with Crippen LogP contribution in [0, 0.1) is 0 Å². The van der Waals surface area contributed by atoms with Crippen molar-refractivity contribution in [2.75, 3.05) is 26.1 Å². The van der Waals surface area contributed by atoms with E-state index in [1.54, 1.807) is 25.3 Å². The number of rotatable bonds is 9. The van der Waals surface area contributed by atoms with E-state index in [9.17, 15) is 4.79 Å². The van der Waals surface area contributed by atoms with Crippen molar-refractivity contribution in [3.8, 4) is 11.5 Å². The molecule has 0 atom stereocenters. The number of anilines is 1. The lowest BCUT2D eigenvalue weighted by Gasteiger charge is -2.24. The first-order valence-electron chi connectivity index (χ1n) is 12.0. The highest BCUT2D eigenvalue weighted by Gasteiger charge is 2.22. The lowest BCUT2D eigenvalue weighted by Crippen LogP contribution is -2.21. The van der Waals surface area contributed by atoms with Crippen LogP contribution in [-0.2, 0) is 13.1 Å². The third-order valence-electron chi connectivity index (χ3n) is 6.14. The quantitative estimate of drug-likeness (QED) is 0.265. The van der Waals surface area contributed by atoms with Crippen LogP contribution < -0.4 is 14.8 Å². The summed E-state index contributed by atoms with van der Waals surface area (Å²) in [5.74, 6) is 1.29. The Morgan fingerprint density at radius 1 is 1.08 bits per heavy atom. The van der Waals surface area contributed by atoms with Crippen molar-refractivity contribution in [1.29, 1.82) is 0 Å². The van der Waals surface area contributed by atoms with Gasteiger partial charge in [-0.1, -0.05) is 48.0 Å². The predicted octanol–water partition coefficient (Wildman–Crippen LogP) is 6.33. The summed E-state index contributed by atoms with van der Waals surface area (Å²) in [5, 5.41) is 8.12. The average molecular weight is 547 g/mol. The zero-order valence-corrected chi connectivity index (χ0v) is 22.6. The van der Waals surface area contributed by atoms with Gasteiger partial charge in [-0.2, -0.15) is 9.78 Å². The van der Waals surface area contributed by atoms with Crippen LogP contribution in [0.2, 0.25) is 4.34 Å². The smallest absolute Gasteiger partial charge is 0.283 e. The van der Waals surface area contributed by atoms with Crippen molar-refractivity contribution in [2.24, 2.45) is 0 Å². The molecule has 5 rings (SSSR count). The molecule has 0 amide bonds. The van der Waals surface area contributed by atoms with Gasteiger partial charge in [-0.25, -0.2) is 0 Å². The molecular weight excluding hydrogens is 520 g/mol. The maximum Gasteiger partial charge on any atom is 0.283 e. The normalized spacial score (nSPS) is 12.8. The van der Waals surface area contributed by atoms with Crippen molar-refractivity contribution < 1.29 is 14.3 Å². The van der Waals surface area contributed by atoms with Gasteiger partial charge in [0.25, 0.3) is 5.91 Å². The van der Waals surface area contributed by atoms with Crippen molar-refractivity contribution >= 4 is 40.2 Å². The number of ether oxygens (including phenoxy) is 2. The fraction of sp³-hybridized carbons (Fsp3) is 0.172. The topological polar surface area (TPSA) is 68.6 Å². The largest absolute Gasteiger partial charge is 0.497 e. The molecule has 2 aromatic heterocycles. The predicted molar refractivity (Wildman–Crippen MR) is 152 cm³/mol. The molecule has 4 aromatic rings. The first-order chi connectivity index (χ1) is 18.5. The number of methoxy groups -OCH3 is 2. The second-order valence-electron chi connectivity index (χ2n) is 8.68. The molecule has 38 heavy (non-hydrogen) atoms. The molecule has 9 heteroatoms. The highest BCUT2D eigenvalue weighted by molar-refractivity contribution is 7.16. The number of allylic oxidation sites excluding steroid dienone is 2. The summed E-state index contributed by atoms with van der Waals surface area (Å²) in [6.45, 7) is 1.96. The van der Waals surface area contributed by atoms with E-state index in [2.05, 4.69) is 28.5 Å². The van der Waals surface area contributed by atoms with Crippen LogP contribution in [0.1, 0.15) is 26.5 Å². The summed E-state index contributed by atoms with van der Waals surface area (Å²) < 4.78 is 12.9. The maximum atomic E-state index is 13.7. The summed E-state index contributed by atoms with van der Waals surface area (Å²) in [5.41, 5.74) is 3.34. The fourth-order valence-corrected chi connectivity index (χ4v) is 5.26. The number of thiophene rings is 1. The second kappa shape index (κ2) is 11.6. The summed E-state index contributed by atoms with van der Waals surface area (Å²) in [6, 6.07) is 21.2. The van der Waals surface area contributed by atoms with Gasteiger partial charge in [0, 0.05) is 30.1 Å². The minimum Gasteiger partial charge on any atom is -0.497 e. The van der Waals surface area contributed by atoms with Gasteiger partial charge in [0.2, 0.25) is 0 Å². The molecule has 194 valence electrons. The van der Waals surface area contributed by atoms with Gasteiger partial charge >= 0.3 is 0 Å². The average Bonchev–Trinajstić information content (AvgIpc) is 3.58. The first kappa shape index (κ1) is 25.6. The van der Waals surface area contributed by atoms with E-state index in [-0.39, 0.29) is 5.91 Å². The second-order valence-corrected chi connectivity index (χ2v) is 10.5. The van der Waals surface area contributed by atoms with Crippen molar-refractivity contribution in [3.63, 3.8) is 0 Å². The summed E-state index contributed by atoms with van der Waals surface area (Å²) in [6.07, 6.45) is 6.12. The molecule has 0 radical (unpaired) electrons. The number of aromatic nitrogens is 2. The Morgan fingerprint density at radius 3 is 2.66 bits per heavy atom. The third-order valence-corrected chi connectivity index (χ3v) is 7.37. The van der Waals surface area contributed by atoms with Gasteiger partial charge in [-0.15, -0.1) is 11.3 Å². The molecule has 1 aliphatic heterocycles. The van der Waals surface area contributed by atoms with E-state index < -0.39 is 0 Å². The summed E-state index contributed by atoms with van der Waals surface area (Å²) >= 11 is 7.61. The SMILES string of the molecule is COc1ccc(C(=O)n2nc(C3=CC=CN(Cc4ccccc4)C3)cc2NCc2ccc(Cl)s2)c(OC)c1. The van der Waals surface area contributed by atoms with Crippen LogP contribution in [0.25, 0.3) is 5.57 Å². The molecule has 3 heterocycles. The van der Waals surface area contributed by atoms with Crippen LogP contribution in [0.4, 0.5) is 5.82 Å². The van der Waals surface area contributed by atoms with Crippen molar-refractivity contribution in [1.82, 2.24) is 14.7 Å². The summed E-state index contributed by atoms with van der Waals surface area (Å²) in [7, 11) is 3.10. The Morgan fingerprint density at radius 2 is 1.92 bits per heavy atom. The lowest BCUT2D eigenvalue weighted by atomic mass is 10.1. The van der Waals surface area contributed by atoms with E-state index >= 15 is 0 Å². The number of hydrogen-bond donors (Lipinski definition) is 1. The standard InChI is InChI=1S/C29H27ClN4O3S/c1-36-22-10-12-24(26(15-22)37-2)29(35)34-28(31-17-23-11-13-27(30)38-23)16-25(32-34)21-9-6-14-33(19-21)18-20-7-4-3-5-8-20/h3-16,31H,17-19H2,1-2H3. The van der Waals surface area contributed by atoms with Gasteiger partial charge in [-0.05, 0) is 47.7 Å². The van der Waals surface area contributed by atoms with E-state index in [1.165, 1.54) is 28.7 Å². The van der Waals surface area contributed by atoms with E-state index in [4.69, 9.17) is 26.2 Å². The van der Waals surface area contributed by atoms with Gasteiger partial charge in [0.05, 0.1) is 36.4 Å². The fourth-order valence-electron chi connectivity index (χ4n) is 4.23. The number of carbonyl (C=O) groups is 1. The number of halogens is 1. The molecule has 7 nitrogen and oxygen atoms in total. The molecule has 0 aliphatic carbocycles. The molecule has 0 spiro atoms. The van der Waals surface area contributed by atoms with Crippen LogP contribution in [-0.4, -0.2) is 41.4 Å². The molecular formula is C29H27ClN4O3S. The molecule has 1 aliphatic rings. The van der Waals surface area contributed by atoms with Crippen LogP contribution in [0.3, 0.4) is 0 Å². The number of nitrogens with one attached hydrogen (secondary N) is 1. The number of benzene rings is 2. The highest BCUT2D eigenvalue weighted by Crippen LogP contribution is 2.29. The Labute approximate surface area is 230 Å². The van der Waals surface area contributed by atoms with E-state index in [0.717, 1.165) is 22.7 Å². The number of carbonyl (C=O) groups excluding carboxylic acids is 1. The Kier molecular flexibility index (Phi) is 7.81. The minimum atomic E-state index is -0.310. The number of hydrogen-bond acceptors (Lipinski definition) is 7.